The number of benzene rings is 1. The molecular formula is C23H25FN6O4. The first-order chi connectivity index (χ1) is 16.4. The molecule has 0 aliphatic carbocycles. The fraction of sp³-hybridized carbons (Fsp3) is 0.522. The highest BCUT2D eigenvalue weighted by molar-refractivity contribution is 5.94. The zero-order valence-corrected chi connectivity index (χ0v) is 18.8. The largest absolute Gasteiger partial charge is 0.456 e. The summed E-state index contributed by atoms with van der Waals surface area (Å²) in [6, 6.07) is 5.70. The molecule has 1 N–H and O–H groups in total. The van der Waals surface area contributed by atoms with Gasteiger partial charge in [-0.3, -0.25) is 9.69 Å². The summed E-state index contributed by atoms with van der Waals surface area (Å²) in [7, 11) is 0. The predicted octanol–water partition coefficient (Wildman–Crippen LogP) is 0.828. The van der Waals surface area contributed by atoms with E-state index in [-0.39, 0.29) is 25.6 Å². The third-order valence-corrected chi connectivity index (χ3v) is 7.79. The maximum Gasteiger partial charge on any atom is 0.336 e. The molecule has 0 bridgehead atoms. The maximum atomic E-state index is 15.5. The van der Waals surface area contributed by atoms with Crippen molar-refractivity contribution in [2.75, 3.05) is 32.8 Å². The number of aromatic nitrogens is 4. The number of alkyl halides is 1. The molecule has 1 aromatic carbocycles. The molecule has 4 aliphatic rings. The minimum absolute atomic E-state index is 0.0660. The Labute approximate surface area is 195 Å². The molecule has 34 heavy (non-hydrogen) atoms. The van der Waals surface area contributed by atoms with E-state index in [0.29, 0.717) is 49.6 Å². The Kier molecular flexibility index (Phi) is 4.82. The van der Waals surface area contributed by atoms with Gasteiger partial charge in [0.2, 0.25) is 5.91 Å². The van der Waals surface area contributed by atoms with Crippen molar-refractivity contribution >= 4 is 11.9 Å². The number of ether oxygens (including phenoxy) is 1. The van der Waals surface area contributed by atoms with Gasteiger partial charge in [0.25, 0.3) is 0 Å². The number of likely N-dealkylation sites (tertiary alicyclic amines) is 2. The highest BCUT2D eigenvalue weighted by Gasteiger charge is 2.56. The summed E-state index contributed by atoms with van der Waals surface area (Å²) in [5.41, 5.74) is 2.63. The van der Waals surface area contributed by atoms with Crippen molar-refractivity contribution in [1.82, 2.24) is 30.0 Å². The standard InChI is InChI=1S/C23H25FN6O4/c1-13-17(12-34-21(13)32)29-7-5-23(22(29)33)4-6-28(11-19(23)24)10-18(31)14-2-3-16-15(8-14)9-30-20(16)25-26-27-30/h2-3,8,18-19,31H,4-7,9-12H2,1H3/t18?,19-,23+/m1/s1. The number of piperidine rings is 1. The summed E-state index contributed by atoms with van der Waals surface area (Å²) in [5, 5.41) is 22.5. The smallest absolute Gasteiger partial charge is 0.336 e. The zero-order chi connectivity index (χ0) is 23.6. The summed E-state index contributed by atoms with van der Waals surface area (Å²) < 4.78 is 22.3. The van der Waals surface area contributed by atoms with E-state index in [9.17, 15) is 14.7 Å². The number of nitrogens with zero attached hydrogens (tertiary/aromatic N) is 6. The van der Waals surface area contributed by atoms with Crippen LogP contribution in [-0.2, 0) is 20.9 Å². The molecule has 3 atom stereocenters. The van der Waals surface area contributed by atoms with Gasteiger partial charge in [0.15, 0.2) is 5.82 Å². The number of β-amino-alcohol motifs (C(OH)–C–C–N with tert-alkyl or cyclic N) is 1. The van der Waals surface area contributed by atoms with Crippen LogP contribution in [0.15, 0.2) is 29.5 Å². The van der Waals surface area contributed by atoms with Gasteiger partial charge in [-0.2, -0.15) is 0 Å². The van der Waals surface area contributed by atoms with E-state index in [1.54, 1.807) is 11.6 Å². The van der Waals surface area contributed by atoms with E-state index in [4.69, 9.17) is 4.74 Å². The van der Waals surface area contributed by atoms with E-state index in [1.807, 2.05) is 23.1 Å². The molecule has 1 unspecified atom stereocenters. The van der Waals surface area contributed by atoms with E-state index in [0.717, 1.165) is 16.7 Å². The summed E-state index contributed by atoms with van der Waals surface area (Å²) in [6.45, 7) is 3.53. The highest BCUT2D eigenvalue weighted by Crippen LogP contribution is 2.45. The van der Waals surface area contributed by atoms with E-state index in [1.165, 1.54) is 4.90 Å². The van der Waals surface area contributed by atoms with Crippen LogP contribution in [0.1, 0.15) is 37.0 Å². The van der Waals surface area contributed by atoms with Gasteiger partial charge in [0.05, 0.1) is 29.3 Å². The highest BCUT2D eigenvalue weighted by atomic mass is 19.1. The number of aliphatic hydroxyl groups excluding tert-OH is 1. The number of fused-ring (bicyclic) bond motifs is 3. The number of tetrazole rings is 1. The van der Waals surface area contributed by atoms with Gasteiger partial charge >= 0.3 is 5.97 Å². The molecule has 1 spiro atoms. The van der Waals surface area contributed by atoms with E-state index >= 15 is 4.39 Å². The molecule has 4 aliphatic heterocycles. The summed E-state index contributed by atoms with van der Waals surface area (Å²) in [4.78, 5) is 28.4. The van der Waals surface area contributed by atoms with E-state index in [2.05, 4.69) is 15.5 Å². The monoisotopic (exact) mass is 468 g/mol. The van der Waals surface area contributed by atoms with Crippen molar-refractivity contribution in [2.45, 2.75) is 38.6 Å². The molecule has 0 saturated carbocycles. The fourth-order valence-corrected chi connectivity index (χ4v) is 5.68. The SMILES string of the molecule is CC1=C(N2CC[C@]3(CCN(CC(O)c4ccc5c(c4)Cn4nnnc4-5)C[C@H]3F)C2=O)COC1=O. The van der Waals surface area contributed by atoms with Gasteiger partial charge < -0.3 is 14.7 Å². The van der Waals surface area contributed by atoms with Crippen LogP contribution in [0.2, 0.25) is 0 Å². The Morgan fingerprint density at radius 2 is 2.12 bits per heavy atom. The lowest BCUT2D eigenvalue weighted by Crippen LogP contribution is -2.53. The van der Waals surface area contributed by atoms with Gasteiger partial charge in [0.1, 0.15) is 12.8 Å². The molecule has 178 valence electrons. The lowest BCUT2D eigenvalue weighted by molar-refractivity contribution is -0.142. The zero-order valence-electron chi connectivity index (χ0n) is 18.8. The van der Waals surface area contributed by atoms with Crippen LogP contribution >= 0.6 is 0 Å². The summed E-state index contributed by atoms with van der Waals surface area (Å²) in [6.07, 6.45) is -1.34. The van der Waals surface area contributed by atoms with Crippen molar-refractivity contribution in [2.24, 2.45) is 5.41 Å². The Morgan fingerprint density at radius 1 is 1.29 bits per heavy atom. The number of cyclic esters (lactones) is 1. The third-order valence-electron chi connectivity index (χ3n) is 7.79. The molecule has 6 rings (SSSR count). The lowest BCUT2D eigenvalue weighted by Gasteiger charge is -2.41. The molecule has 1 aromatic heterocycles. The number of aliphatic hydroxyl groups is 1. The second-order valence-electron chi connectivity index (χ2n) is 9.58. The average Bonchev–Trinajstić information content (AvgIpc) is 3.56. The van der Waals surface area contributed by atoms with Crippen molar-refractivity contribution in [1.29, 1.82) is 0 Å². The molecule has 0 radical (unpaired) electrons. The van der Waals surface area contributed by atoms with Gasteiger partial charge in [-0.25, -0.2) is 13.9 Å². The molecule has 2 fully saturated rings. The summed E-state index contributed by atoms with van der Waals surface area (Å²) in [5.74, 6) is 0.0353. The Balaban J connectivity index is 1.12. The lowest BCUT2D eigenvalue weighted by atomic mass is 9.75. The molecule has 1 amide bonds. The Bertz CT molecular complexity index is 1230. The van der Waals surface area contributed by atoms with Crippen molar-refractivity contribution < 1.29 is 23.8 Å². The predicted molar refractivity (Wildman–Crippen MR) is 116 cm³/mol. The molecule has 2 saturated heterocycles. The van der Waals surface area contributed by atoms with E-state index < -0.39 is 23.7 Å². The Morgan fingerprint density at radius 3 is 2.88 bits per heavy atom. The van der Waals surface area contributed by atoms with Crippen molar-refractivity contribution in [3.05, 3.63) is 40.6 Å². The molecular weight excluding hydrogens is 443 g/mol. The number of amides is 1. The number of halogens is 1. The minimum Gasteiger partial charge on any atom is -0.456 e. The minimum atomic E-state index is -1.35. The third kappa shape index (κ3) is 3.10. The van der Waals surface area contributed by atoms with Crippen LogP contribution in [0, 0.1) is 5.41 Å². The maximum absolute atomic E-state index is 15.5. The first-order valence-corrected chi connectivity index (χ1v) is 11.5. The average molecular weight is 468 g/mol. The van der Waals surface area contributed by atoms with Gasteiger partial charge in [-0.05, 0) is 47.9 Å². The van der Waals surface area contributed by atoms with Crippen LogP contribution in [0.5, 0.6) is 0 Å². The van der Waals surface area contributed by atoms with Crippen molar-refractivity contribution in [3.8, 4) is 11.4 Å². The second-order valence-corrected chi connectivity index (χ2v) is 9.58. The molecule has 10 nitrogen and oxygen atoms in total. The summed E-state index contributed by atoms with van der Waals surface area (Å²) >= 11 is 0. The normalized spacial score (nSPS) is 27.5. The number of rotatable bonds is 4. The van der Waals surface area contributed by atoms with Gasteiger partial charge in [-0.15, -0.1) is 5.10 Å². The van der Waals surface area contributed by atoms with Gasteiger partial charge in [-0.1, -0.05) is 18.2 Å². The van der Waals surface area contributed by atoms with Crippen LogP contribution in [-0.4, -0.2) is 85.9 Å². The molecule has 5 heterocycles. The van der Waals surface area contributed by atoms with Crippen LogP contribution in [0.3, 0.4) is 0 Å². The fourth-order valence-electron chi connectivity index (χ4n) is 5.68. The number of esters is 1. The second kappa shape index (κ2) is 7.67. The quantitative estimate of drug-likeness (QED) is 0.560. The first kappa shape index (κ1) is 21.4. The number of carbonyl (C=O) groups is 2. The van der Waals surface area contributed by atoms with Crippen molar-refractivity contribution in [3.63, 3.8) is 0 Å². The molecule has 2 aromatic rings. The topological polar surface area (TPSA) is 114 Å². The first-order valence-electron chi connectivity index (χ1n) is 11.5. The number of carbonyl (C=O) groups excluding carboxylic acids is 2. The van der Waals surface area contributed by atoms with Crippen LogP contribution < -0.4 is 0 Å². The van der Waals surface area contributed by atoms with Gasteiger partial charge in [0, 0.05) is 25.2 Å². The Hall–Kier alpha value is -3.18. The number of hydrogen-bond donors (Lipinski definition) is 1. The van der Waals surface area contributed by atoms with Crippen LogP contribution in [0.25, 0.3) is 11.4 Å². The number of hydrogen-bond acceptors (Lipinski definition) is 8. The van der Waals surface area contributed by atoms with Crippen LogP contribution in [0.4, 0.5) is 4.39 Å². The molecule has 11 heteroatoms.